The van der Waals surface area contributed by atoms with Gasteiger partial charge in [0.1, 0.15) is 5.56 Å². The summed E-state index contributed by atoms with van der Waals surface area (Å²) >= 11 is 0. The number of ether oxygens (including phenoxy) is 1. The largest absolute Gasteiger partial charge is 0.462 e. The smallest absolute Gasteiger partial charge is 0.342 e. The summed E-state index contributed by atoms with van der Waals surface area (Å²) in [5, 5.41) is 14.3. The van der Waals surface area contributed by atoms with Crippen LogP contribution < -0.4 is 4.72 Å². The fourth-order valence-corrected chi connectivity index (χ4v) is 2.47. The summed E-state index contributed by atoms with van der Waals surface area (Å²) in [6, 6.07) is 0. The number of nitrogens with one attached hydrogen (secondary N) is 2. The molecule has 108 valence electrons. The number of sulfonamides is 1. The number of aromatic nitrogens is 2. The zero-order valence-corrected chi connectivity index (χ0v) is 11.5. The highest BCUT2D eigenvalue weighted by atomic mass is 32.2. The molecule has 1 rings (SSSR count). The highest BCUT2D eigenvalue weighted by molar-refractivity contribution is 7.89. The summed E-state index contributed by atoms with van der Waals surface area (Å²) in [6.45, 7) is 3.35. The van der Waals surface area contributed by atoms with Gasteiger partial charge in [-0.2, -0.15) is 5.10 Å². The van der Waals surface area contributed by atoms with E-state index in [0.29, 0.717) is 0 Å². The molecule has 0 saturated carbocycles. The Kier molecular flexibility index (Phi) is 5.45. The van der Waals surface area contributed by atoms with Crippen LogP contribution in [0.2, 0.25) is 0 Å². The van der Waals surface area contributed by atoms with Gasteiger partial charge in [0, 0.05) is 13.2 Å². The number of nitrogens with zero attached hydrogens (tertiary/aromatic N) is 1. The molecule has 0 aliphatic heterocycles. The maximum atomic E-state index is 12.0. The van der Waals surface area contributed by atoms with Gasteiger partial charge in [-0.3, -0.25) is 5.10 Å². The third kappa shape index (κ3) is 4.01. The predicted molar refractivity (Wildman–Crippen MR) is 66.0 cm³/mol. The molecule has 0 aliphatic carbocycles. The van der Waals surface area contributed by atoms with Gasteiger partial charge in [-0.1, -0.05) is 6.92 Å². The van der Waals surface area contributed by atoms with Gasteiger partial charge in [0.2, 0.25) is 0 Å². The Bertz CT molecular complexity index is 525. The van der Waals surface area contributed by atoms with Crippen molar-refractivity contribution in [3.63, 3.8) is 0 Å². The first-order valence-corrected chi connectivity index (χ1v) is 7.21. The summed E-state index contributed by atoms with van der Waals surface area (Å²) in [6.07, 6.45) is 1.10. The number of carbonyl (C=O) groups excluding carboxylic acids is 1. The van der Waals surface area contributed by atoms with Crippen molar-refractivity contribution in [2.24, 2.45) is 5.92 Å². The number of aromatic amines is 1. The molecule has 19 heavy (non-hydrogen) atoms. The molecular formula is C10H17N3O5S. The molecular weight excluding hydrogens is 274 g/mol. The van der Waals surface area contributed by atoms with Crippen molar-refractivity contribution in [3.8, 4) is 0 Å². The number of hydrogen-bond donors (Lipinski definition) is 3. The highest BCUT2D eigenvalue weighted by Gasteiger charge is 2.25. The van der Waals surface area contributed by atoms with Crippen LogP contribution in [0.4, 0.5) is 0 Å². The molecule has 1 heterocycles. The van der Waals surface area contributed by atoms with E-state index in [9.17, 15) is 13.2 Å². The third-order valence-electron chi connectivity index (χ3n) is 2.30. The molecule has 1 unspecified atom stereocenters. The van der Waals surface area contributed by atoms with E-state index in [-0.39, 0.29) is 36.3 Å². The second-order valence-electron chi connectivity index (χ2n) is 3.97. The first-order valence-electron chi connectivity index (χ1n) is 5.73. The Morgan fingerprint density at radius 2 is 2.32 bits per heavy atom. The number of aliphatic hydroxyl groups is 1. The van der Waals surface area contributed by atoms with Gasteiger partial charge in [0.15, 0.2) is 5.03 Å². The van der Waals surface area contributed by atoms with Crippen LogP contribution in [0.5, 0.6) is 0 Å². The molecule has 0 aliphatic rings. The molecule has 1 atom stereocenters. The maximum Gasteiger partial charge on any atom is 0.342 e. The first-order chi connectivity index (χ1) is 8.92. The molecule has 0 spiro atoms. The highest BCUT2D eigenvalue weighted by Crippen LogP contribution is 2.13. The summed E-state index contributed by atoms with van der Waals surface area (Å²) in [5.41, 5.74) is -0.147. The number of esters is 1. The van der Waals surface area contributed by atoms with Gasteiger partial charge in [0.25, 0.3) is 10.0 Å². The average Bonchev–Trinajstić information content (AvgIpc) is 2.86. The first kappa shape index (κ1) is 15.6. The lowest BCUT2D eigenvalue weighted by Crippen LogP contribution is -2.31. The molecule has 0 bridgehead atoms. The van der Waals surface area contributed by atoms with E-state index >= 15 is 0 Å². The molecule has 8 nitrogen and oxygen atoms in total. The summed E-state index contributed by atoms with van der Waals surface area (Å²) in [7, 11) is -3.90. The Morgan fingerprint density at radius 1 is 1.63 bits per heavy atom. The lowest BCUT2D eigenvalue weighted by molar-refractivity contribution is 0.0522. The van der Waals surface area contributed by atoms with Crippen molar-refractivity contribution in [1.29, 1.82) is 0 Å². The molecule has 3 N–H and O–H groups in total. The van der Waals surface area contributed by atoms with Crippen molar-refractivity contribution < 1.29 is 23.1 Å². The van der Waals surface area contributed by atoms with Crippen molar-refractivity contribution in [2.75, 3.05) is 19.8 Å². The quantitative estimate of drug-likeness (QED) is 0.582. The normalized spacial score (nSPS) is 13.2. The van der Waals surface area contributed by atoms with Gasteiger partial charge in [-0.15, -0.1) is 0 Å². The molecule has 0 saturated heterocycles. The maximum absolute atomic E-state index is 12.0. The standard InChI is InChI=1S/C10H17N3O5S/c1-3-18-10(15)8-5-11-13-9(8)19(16,17)12-4-7(2)6-14/h5,7,12,14H,3-4,6H2,1-2H3,(H,11,13). The van der Waals surface area contributed by atoms with Gasteiger partial charge in [-0.25, -0.2) is 17.9 Å². The van der Waals surface area contributed by atoms with Crippen LogP contribution in [-0.4, -0.2) is 49.4 Å². The Hall–Kier alpha value is -1.45. The second-order valence-corrected chi connectivity index (χ2v) is 5.68. The molecule has 1 aromatic heterocycles. The molecule has 0 fully saturated rings. The van der Waals surface area contributed by atoms with Crippen LogP contribution in [0, 0.1) is 5.92 Å². The zero-order chi connectivity index (χ0) is 14.5. The van der Waals surface area contributed by atoms with E-state index in [4.69, 9.17) is 9.84 Å². The minimum atomic E-state index is -3.90. The third-order valence-corrected chi connectivity index (χ3v) is 3.70. The van der Waals surface area contributed by atoms with Crippen LogP contribution in [-0.2, 0) is 14.8 Å². The minimum absolute atomic E-state index is 0.0557. The predicted octanol–water partition coefficient (Wildman–Crippen LogP) is -0.507. The number of H-pyrrole nitrogens is 1. The van der Waals surface area contributed by atoms with Crippen LogP contribution in [0.15, 0.2) is 11.2 Å². The van der Waals surface area contributed by atoms with Crippen molar-refractivity contribution in [3.05, 3.63) is 11.8 Å². The fourth-order valence-electron chi connectivity index (χ4n) is 1.22. The number of aliphatic hydroxyl groups excluding tert-OH is 1. The van der Waals surface area contributed by atoms with Gasteiger partial charge in [0.05, 0.1) is 12.8 Å². The monoisotopic (exact) mass is 291 g/mol. The van der Waals surface area contributed by atoms with Crippen LogP contribution in [0.3, 0.4) is 0 Å². The lowest BCUT2D eigenvalue weighted by Gasteiger charge is -2.10. The van der Waals surface area contributed by atoms with E-state index in [1.165, 1.54) is 0 Å². The Balaban J connectivity index is 2.90. The lowest BCUT2D eigenvalue weighted by atomic mass is 10.2. The van der Waals surface area contributed by atoms with Gasteiger partial charge >= 0.3 is 5.97 Å². The summed E-state index contributed by atoms with van der Waals surface area (Å²) < 4.78 is 31.0. The SMILES string of the molecule is CCOC(=O)c1cn[nH]c1S(=O)(=O)NCC(C)CO. The minimum Gasteiger partial charge on any atom is -0.462 e. The van der Waals surface area contributed by atoms with Crippen LogP contribution >= 0.6 is 0 Å². The van der Waals surface area contributed by atoms with E-state index in [1.54, 1.807) is 13.8 Å². The van der Waals surface area contributed by atoms with E-state index < -0.39 is 16.0 Å². The van der Waals surface area contributed by atoms with Crippen molar-refractivity contribution in [1.82, 2.24) is 14.9 Å². The second kappa shape index (κ2) is 6.64. The van der Waals surface area contributed by atoms with Crippen LogP contribution in [0.25, 0.3) is 0 Å². The summed E-state index contributed by atoms with van der Waals surface area (Å²) in [5.74, 6) is -0.990. The zero-order valence-electron chi connectivity index (χ0n) is 10.7. The Morgan fingerprint density at radius 3 is 2.89 bits per heavy atom. The molecule has 0 aromatic carbocycles. The molecule has 1 aromatic rings. The van der Waals surface area contributed by atoms with Crippen molar-refractivity contribution in [2.45, 2.75) is 18.9 Å². The summed E-state index contributed by atoms with van der Waals surface area (Å²) in [4.78, 5) is 11.6. The number of carbonyl (C=O) groups is 1. The average molecular weight is 291 g/mol. The number of hydrogen-bond acceptors (Lipinski definition) is 6. The topological polar surface area (TPSA) is 121 Å². The van der Waals surface area contributed by atoms with E-state index in [2.05, 4.69) is 14.9 Å². The van der Waals surface area contributed by atoms with E-state index in [1.807, 2.05) is 0 Å². The van der Waals surface area contributed by atoms with Crippen LogP contribution in [0.1, 0.15) is 24.2 Å². The molecule has 9 heteroatoms. The Labute approximate surface area is 111 Å². The van der Waals surface area contributed by atoms with E-state index in [0.717, 1.165) is 6.20 Å². The fraction of sp³-hybridized carbons (Fsp3) is 0.600. The molecule has 0 amide bonds. The molecule has 0 radical (unpaired) electrons. The number of rotatable bonds is 7. The van der Waals surface area contributed by atoms with Crippen molar-refractivity contribution >= 4 is 16.0 Å². The van der Waals surface area contributed by atoms with Gasteiger partial charge in [-0.05, 0) is 12.8 Å². The van der Waals surface area contributed by atoms with Gasteiger partial charge < -0.3 is 9.84 Å².